The molecule has 0 bridgehead atoms. The van der Waals surface area contributed by atoms with Gasteiger partial charge in [-0.25, -0.2) is 0 Å². The molecule has 156 valence electrons. The highest BCUT2D eigenvalue weighted by Gasteiger charge is 2.23. The molecule has 2 N–H and O–H groups in total. The van der Waals surface area contributed by atoms with Crippen LogP contribution in [0.1, 0.15) is 38.3 Å². The highest BCUT2D eigenvalue weighted by atomic mass is 32.2. The summed E-state index contributed by atoms with van der Waals surface area (Å²) >= 11 is 7.39. The molecule has 0 spiro atoms. The number of nitrogens with one attached hydrogen (secondary N) is 2. The zero-order valence-electron chi connectivity index (χ0n) is 17.9. The van der Waals surface area contributed by atoms with E-state index in [4.69, 9.17) is 12.2 Å². The minimum absolute atomic E-state index is 0.0847. The SMILES string of the molecule is C[C@H](CC(C)(C)c1ccccc1)NC(=S)Nc1ccc(CSc2ccccc2)cc1. The van der Waals surface area contributed by atoms with Gasteiger partial charge < -0.3 is 10.6 Å². The summed E-state index contributed by atoms with van der Waals surface area (Å²) in [5.41, 5.74) is 3.74. The van der Waals surface area contributed by atoms with E-state index in [1.807, 2.05) is 17.8 Å². The van der Waals surface area contributed by atoms with Crippen molar-refractivity contribution < 1.29 is 0 Å². The van der Waals surface area contributed by atoms with Crippen LogP contribution in [0.2, 0.25) is 0 Å². The molecule has 0 saturated heterocycles. The largest absolute Gasteiger partial charge is 0.360 e. The van der Waals surface area contributed by atoms with Gasteiger partial charge in [-0.15, -0.1) is 11.8 Å². The summed E-state index contributed by atoms with van der Waals surface area (Å²) in [6.07, 6.45) is 0.995. The number of hydrogen-bond donors (Lipinski definition) is 2. The number of hydrogen-bond acceptors (Lipinski definition) is 2. The van der Waals surface area contributed by atoms with Crippen molar-refractivity contribution in [2.24, 2.45) is 0 Å². The average Bonchev–Trinajstić information content (AvgIpc) is 2.74. The predicted octanol–water partition coefficient (Wildman–Crippen LogP) is 7.02. The van der Waals surface area contributed by atoms with Gasteiger partial charge in [0, 0.05) is 22.4 Å². The van der Waals surface area contributed by atoms with Crippen LogP contribution in [0.25, 0.3) is 0 Å². The molecule has 0 unspecified atom stereocenters. The van der Waals surface area contributed by atoms with Gasteiger partial charge in [0.1, 0.15) is 0 Å². The van der Waals surface area contributed by atoms with Crippen LogP contribution in [0.5, 0.6) is 0 Å². The zero-order valence-corrected chi connectivity index (χ0v) is 19.5. The Morgan fingerprint density at radius 1 is 0.900 bits per heavy atom. The predicted molar refractivity (Wildman–Crippen MR) is 135 cm³/mol. The zero-order chi connectivity index (χ0) is 21.4. The van der Waals surface area contributed by atoms with Gasteiger partial charge >= 0.3 is 0 Å². The molecular formula is C26H30N2S2. The number of thioether (sulfide) groups is 1. The first-order valence-corrected chi connectivity index (χ1v) is 11.7. The minimum Gasteiger partial charge on any atom is -0.360 e. The van der Waals surface area contributed by atoms with Crippen LogP contribution < -0.4 is 10.6 Å². The molecule has 4 heteroatoms. The van der Waals surface area contributed by atoms with Crippen LogP contribution in [0, 0.1) is 0 Å². The van der Waals surface area contributed by atoms with Crippen molar-refractivity contribution in [1.29, 1.82) is 0 Å². The van der Waals surface area contributed by atoms with Gasteiger partial charge in [-0.2, -0.15) is 0 Å². The molecule has 2 nitrogen and oxygen atoms in total. The Morgan fingerprint density at radius 2 is 1.50 bits per heavy atom. The van der Waals surface area contributed by atoms with E-state index in [0.717, 1.165) is 17.9 Å². The van der Waals surface area contributed by atoms with Crippen molar-refractivity contribution in [3.8, 4) is 0 Å². The molecule has 0 aromatic heterocycles. The third kappa shape index (κ3) is 6.89. The van der Waals surface area contributed by atoms with E-state index < -0.39 is 0 Å². The van der Waals surface area contributed by atoms with Crippen molar-refractivity contribution in [3.05, 3.63) is 96.1 Å². The highest BCUT2D eigenvalue weighted by Crippen LogP contribution is 2.28. The van der Waals surface area contributed by atoms with Crippen LogP contribution in [0.3, 0.4) is 0 Å². The molecule has 3 aromatic carbocycles. The fraction of sp³-hybridized carbons (Fsp3) is 0.269. The molecule has 0 heterocycles. The molecule has 0 radical (unpaired) electrons. The lowest BCUT2D eigenvalue weighted by Crippen LogP contribution is -2.39. The average molecular weight is 435 g/mol. The normalized spacial score (nSPS) is 12.2. The summed E-state index contributed by atoms with van der Waals surface area (Å²) in [6.45, 7) is 6.74. The molecule has 3 aromatic rings. The van der Waals surface area contributed by atoms with Crippen molar-refractivity contribution in [2.75, 3.05) is 5.32 Å². The molecule has 30 heavy (non-hydrogen) atoms. The Labute approximate surface area is 190 Å². The molecule has 0 aliphatic heterocycles. The Bertz CT molecular complexity index is 922. The molecule has 0 fully saturated rings. The maximum atomic E-state index is 5.54. The van der Waals surface area contributed by atoms with Gasteiger partial charge in [-0.05, 0) is 66.4 Å². The maximum absolute atomic E-state index is 5.54. The molecule has 1 atom stereocenters. The monoisotopic (exact) mass is 434 g/mol. The number of thiocarbonyl (C=S) groups is 1. The first kappa shape index (κ1) is 22.4. The number of anilines is 1. The second-order valence-electron chi connectivity index (χ2n) is 8.25. The standard InChI is InChI=1S/C26H30N2S2/c1-20(18-26(2,3)22-10-6-4-7-11-22)27-25(29)28-23-16-14-21(15-17-23)19-30-24-12-8-5-9-13-24/h4-17,20H,18-19H2,1-3H3,(H2,27,28,29)/t20-/m1/s1. The van der Waals surface area contributed by atoms with E-state index in [0.29, 0.717) is 5.11 Å². The van der Waals surface area contributed by atoms with Crippen molar-refractivity contribution in [1.82, 2.24) is 5.32 Å². The van der Waals surface area contributed by atoms with Crippen LogP contribution in [0.4, 0.5) is 5.69 Å². The minimum atomic E-state index is 0.0847. The lowest BCUT2D eigenvalue weighted by molar-refractivity contribution is 0.420. The number of benzene rings is 3. The van der Waals surface area contributed by atoms with Gasteiger partial charge in [0.05, 0.1) is 0 Å². The fourth-order valence-corrected chi connectivity index (χ4v) is 4.78. The summed E-state index contributed by atoms with van der Waals surface area (Å²) < 4.78 is 0. The van der Waals surface area contributed by atoms with Crippen molar-refractivity contribution >= 4 is 34.8 Å². The topological polar surface area (TPSA) is 24.1 Å². The molecular weight excluding hydrogens is 404 g/mol. The summed E-state index contributed by atoms with van der Waals surface area (Å²) in [5.74, 6) is 0.957. The van der Waals surface area contributed by atoms with Crippen LogP contribution >= 0.6 is 24.0 Å². The van der Waals surface area contributed by atoms with E-state index in [-0.39, 0.29) is 11.5 Å². The second-order valence-corrected chi connectivity index (χ2v) is 9.71. The van der Waals surface area contributed by atoms with Gasteiger partial charge in [0.2, 0.25) is 0 Å². The van der Waals surface area contributed by atoms with Crippen molar-refractivity contribution in [3.63, 3.8) is 0 Å². The fourth-order valence-electron chi connectivity index (χ4n) is 3.58. The van der Waals surface area contributed by atoms with E-state index >= 15 is 0 Å². The first-order valence-electron chi connectivity index (χ1n) is 10.3. The van der Waals surface area contributed by atoms with E-state index in [1.54, 1.807) is 0 Å². The third-order valence-electron chi connectivity index (χ3n) is 5.11. The molecule has 0 aliphatic carbocycles. The van der Waals surface area contributed by atoms with Crippen LogP contribution in [-0.2, 0) is 11.2 Å². The van der Waals surface area contributed by atoms with E-state index in [9.17, 15) is 0 Å². The third-order valence-corrected chi connectivity index (χ3v) is 6.41. The van der Waals surface area contributed by atoms with E-state index in [1.165, 1.54) is 16.0 Å². The quantitative estimate of drug-likeness (QED) is 0.294. The lowest BCUT2D eigenvalue weighted by atomic mass is 9.79. The Morgan fingerprint density at radius 3 is 2.13 bits per heavy atom. The first-order chi connectivity index (χ1) is 14.4. The summed E-state index contributed by atoms with van der Waals surface area (Å²) in [5, 5.41) is 7.41. The van der Waals surface area contributed by atoms with Gasteiger partial charge in [-0.1, -0.05) is 74.5 Å². The highest BCUT2D eigenvalue weighted by molar-refractivity contribution is 7.98. The molecule has 0 amide bonds. The smallest absolute Gasteiger partial charge is 0.170 e. The van der Waals surface area contributed by atoms with Crippen LogP contribution in [0.15, 0.2) is 89.8 Å². The molecule has 3 rings (SSSR count). The lowest BCUT2D eigenvalue weighted by Gasteiger charge is -2.29. The second kappa shape index (κ2) is 10.6. The molecule has 0 aliphatic rings. The van der Waals surface area contributed by atoms with E-state index in [2.05, 4.69) is 110 Å². The van der Waals surface area contributed by atoms with Gasteiger partial charge in [-0.3, -0.25) is 0 Å². The summed E-state index contributed by atoms with van der Waals surface area (Å²) in [6, 6.07) is 29.9. The van der Waals surface area contributed by atoms with Gasteiger partial charge in [0.15, 0.2) is 5.11 Å². The number of rotatable bonds is 8. The van der Waals surface area contributed by atoms with Crippen molar-refractivity contribution in [2.45, 2.75) is 49.3 Å². The van der Waals surface area contributed by atoms with Gasteiger partial charge in [0.25, 0.3) is 0 Å². The Kier molecular flexibility index (Phi) is 7.94. The van der Waals surface area contributed by atoms with Crippen LogP contribution in [-0.4, -0.2) is 11.2 Å². The molecule has 0 saturated carbocycles. The summed E-state index contributed by atoms with van der Waals surface area (Å²) in [7, 11) is 0. The maximum Gasteiger partial charge on any atom is 0.170 e. The Hall–Kier alpha value is -2.30. The Balaban J connectivity index is 1.47. The summed E-state index contributed by atoms with van der Waals surface area (Å²) in [4.78, 5) is 1.29.